The summed E-state index contributed by atoms with van der Waals surface area (Å²) >= 11 is 0. The van der Waals surface area contributed by atoms with Crippen LogP contribution in [-0.4, -0.2) is 30.4 Å². The Kier molecular flexibility index (Phi) is 5.76. The fourth-order valence-electron chi connectivity index (χ4n) is 3.27. The highest BCUT2D eigenvalue weighted by atomic mass is 16.6. The van der Waals surface area contributed by atoms with E-state index in [9.17, 15) is 14.9 Å². The Balaban J connectivity index is 1.66. The second kappa shape index (κ2) is 8.26. The Morgan fingerprint density at radius 1 is 1.17 bits per heavy atom. The zero-order chi connectivity index (χ0) is 21.1. The molecule has 3 rings (SSSR count). The molecule has 3 aromatic rings. The summed E-state index contributed by atoms with van der Waals surface area (Å²) in [6, 6.07) is 8.22. The summed E-state index contributed by atoms with van der Waals surface area (Å²) in [6.45, 7) is 8.34. The summed E-state index contributed by atoms with van der Waals surface area (Å²) in [6.07, 6.45) is 1.36. The van der Waals surface area contributed by atoms with E-state index in [1.54, 1.807) is 6.92 Å². The van der Waals surface area contributed by atoms with Gasteiger partial charge in [0, 0.05) is 6.42 Å². The number of anilines is 1. The van der Waals surface area contributed by atoms with Crippen LogP contribution < -0.4 is 5.32 Å². The molecule has 0 spiro atoms. The number of hydrogen-bond acceptors (Lipinski definition) is 5. The molecule has 0 unspecified atom stereocenters. The van der Waals surface area contributed by atoms with Crippen molar-refractivity contribution >= 4 is 17.3 Å². The maximum Gasteiger partial charge on any atom is 0.309 e. The molecule has 1 aromatic carbocycles. The average Bonchev–Trinajstić information content (AvgIpc) is 3.15. The van der Waals surface area contributed by atoms with E-state index in [1.807, 2.05) is 43.7 Å². The number of aromatic nitrogens is 4. The molecule has 0 radical (unpaired) electrons. The molecule has 9 heteroatoms. The smallest absolute Gasteiger partial charge is 0.309 e. The van der Waals surface area contributed by atoms with Gasteiger partial charge in [-0.25, -0.2) is 0 Å². The molecular formula is C20H24N6O3. The molecule has 0 saturated heterocycles. The first-order chi connectivity index (χ1) is 13.8. The van der Waals surface area contributed by atoms with Gasteiger partial charge in [0.25, 0.3) is 0 Å². The van der Waals surface area contributed by atoms with Crippen molar-refractivity contribution in [3.63, 3.8) is 0 Å². The number of carbonyl (C=O) groups is 1. The molecule has 0 aliphatic heterocycles. The average molecular weight is 396 g/mol. The first-order valence-electron chi connectivity index (χ1n) is 9.32. The Labute approximate surface area is 168 Å². The maximum absolute atomic E-state index is 12.4. The van der Waals surface area contributed by atoms with Gasteiger partial charge in [-0.05, 0) is 33.3 Å². The Hall–Kier alpha value is -3.49. The lowest BCUT2D eigenvalue weighted by Gasteiger charge is -2.08. The van der Waals surface area contributed by atoms with Crippen molar-refractivity contribution < 1.29 is 9.72 Å². The molecule has 2 aromatic heterocycles. The molecule has 9 nitrogen and oxygen atoms in total. The van der Waals surface area contributed by atoms with Crippen LogP contribution in [0.1, 0.15) is 34.6 Å². The van der Waals surface area contributed by atoms with E-state index in [2.05, 4.69) is 21.6 Å². The van der Waals surface area contributed by atoms with Gasteiger partial charge < -0.3 is 5.32 Å². The lowest BCUT2D eigenvalue weighted by atomic mass is 10.1. The number of nitrogens with one attached hydrogen (secondary N) is 1. The number of benzene rings is 1. The van der Waals surface area contributed by atoms with Crippen LogP contribution in [0.3, 0.4) is 0 Å². The molecule has 0 bridgehead atoms. The summed E-state index contributed by atoms with van der Waals surface area (Å²) in [4.78, 5) is 22.9. The van der Waals surface area contributed by atoms with E-state index in [1.165, 1.54) is 16.4 Å². The third-order valence-corrected chi connectivity index (χ3v) is 4.89. The molecule has 0 atom stereocenters. The molecule has 0 saturated carbocycles. The molecular weight excluding hydrogens is 372 g/mol. The monoisotopic (exact) mass is 396 g/mol. The van der Waals surface area contributed by atoms with Crippen molar-refractivity contribution in [2.45, 2.75) is 47.2 Å². The van der Waals surface area contributed by atoms with Gasteiger partial charge in [-0.3, -0.25) is 24.3 Å². The van der Waals surface area contributed by atoms with Crippen LogP contribution in [0, 0.1) is 37.8 Å². The fourth-order valence-corrected chi connectivity index (χ4v) is 3.27. The van der Waals surface area contributed by atoms with Crippen LogP contribution in [0.15, 0.2) is 30.5 Å². The minimum Gasteiger partial charge on any atom is -0.323 e. The summed E-state index contributed by atoms with van der Waals surface area (Å²) < 4.78 is 3.35. The maximum atomic E-state index is 12.4. The second-order valence-corrected chi connectivity index (χ2v) is 7.09. The third kappa shape index (κ3) is 4.50. The van der Waals surface area contributed by atoms with Crippen LogP contribution in [0.5, 0.6) is 0 Å². The Bertz CT molecular complexity index is 1070. The van der Waals surface area contributed by atoms with E-state index < -0.39 is 4.92 Å². The van der Waals surface area contributed by atoms with Gasteiger partial charge in [0.2, 0.25) is 5.91 Å². The lowest BCUT2D eigenvalue weighted by Crippen LogP contribution is -2.16. The van der Waals surface area contributed by atoms with Crippen LogP contribution in [-0.2, 0) is 17.9 Å². The summed E-state index contributed by atoms with van der Waals surface area (Å²) in [5, 5.41) is 22.4. The zero-order valence-corrected chi connectivity index (χ0v) is 17.0. The van der Waals surface area contributed by atoms with Crippen molar-refractivity contribution in [1.29, 1.82) is 0 Å². The number of rotatable bonds is 7. The summed E-state index contributed by atoms with van der Waals surface area (Å²) in [7, 11) is 0. The van der Waals surface area contributed by atoms with Gasteiger partial charge in [-0.1, -0.05) is 29.8 Å². The van der Waals surface area contributed by atoms with Gasteiger partial charge in [-0.15, -0.1) is 0 Å². The summed E-state index contributed by atoms with van der Waals surface area (Å²) in [5.41, 5.74) is 5.04. The predicted octanol–water partition coefficient (Wildman–Crippen LogP) is 3.30. The van der Waals surface area contributed by atoms with Gasteiger partial charge in [-0.2, -0.15) is 10.2 Å². The molecule has 2 heterocycles. The topological polar surface area (TPSA) is 108 Å². The lowest BCUT2D eigenvalue weighted by molar-refractivity contribution is -0.385. The number of amides is 1. The SMILES string of the molecule is Cc1cccc(Cn2nc(C)c(NC(=O)CCn3ncc([N+](=O)[O-])c3C)c2C)c1. The number of carbonyl (C=O) groups excluding carboxylic acids is 1. The molecule has 0 aliphatic rings. The van der Waals surface area contributed by atoms with Crippen molar-refractivity contribution in [1.82, 2.24) is 19.6 Å². The number of hydrogen-bond donors (Lipinski definition) is 1. The summed E-state index contributed by atoms with van der Waals surface area (Å²) in [5.74, 6) is -0.191. The molecule has 0 fully saturated rings. The third-order valence-electron chi connectivity index (χ3n) is 4.89. The van der Waals surface area contributed by atoms with Crippen LogP contribution in [0.4, 0.5) is 11.4 Å². The van der Waals surface area contributed by atoms with Crippen molar-refractivity contribution in [3.05, 3.63) is 68.8 Å². The van der Waals surface area contributed by atoms with Crippen molar-refractivity contribution in [2.24, 2.45) is 0 Å². The Morgan fingerprint density at radius 3 is 2.59 bits per heavy atom. The zero-order valence-electron chi connectivity index (χ0n) is 17.0. The van der Waals surface area contributed by atoms with E-state index in [0.29, 0.717) is 17.9 Å². The van der Waals surface area contributed by atoms with E-state index in [0.717, 1.165) is 17.0 Å². The fraction of sp³-hybridized carbons (Fsp3) is 0.350. The van der Waals surface area contributed by atoms with Gasteiger partial charge in [0.05, 0.1) is 35.1 Å². The predicted molar refractivity (Wildman–Crippen MR) is 109 cm³/mol. The number of nitrogens with zero attached hydrogens (tertiary/aromatic N) is 5. The molecule has 1 amide bonds. The van der Waals surface area contributed by atoms with Crippen LogP contribution in [0.25, 0.3) is 0 Å². The van der Waals surface area contributed by atoms with Crippen molar-refractivity contribution in [2.75, 3.05) is 5.32 Å². The highest BCUT2D eigenvalue weighted by molar-refractivity contribution is 5.91. The van der Waals surface area contributed by atoms with Gasteiger partial charge in [0.15, 0.2) is 0 Å². The van der Waals surface area contributed by atoms with Crippen molar-refractivity contribution in [3.8, 4) is 0 Å². The van der Waals surface area contributed by atoms with E-state index in [-0.39, 0.29) is 24.6 Å². The first kappa shape index (κ1) is 20.2. The second-order valence-electron chi connectivity index (χ2n) is 7.09. The van der Waals surface area contributed by atoms with Gasteiger partial charge in [0.1, 0.15) is 11.9 Å². The number of aryl methyl sites for hydroxylation is 3. The van der Waals surface area contributed by atoms with Crippen LogP contribution in [0.2, 0.25) is 0 Å². The molecule has 1 N–H and O–H groups in total. The minimum atomic E-state index is -0.478. The molecule has 29 heavy (non-hydrogen) atoms. The van der Waals surface area contributed by atoms with Gasteiger partial charge >= 0.3 is 5.69 Å². The quantitative estimate of drug-likeness (QED) is 0.487. The van der Waals surface area contributed by atoms with Crippen LogP contribution >= 0.6 is 0 Å². The molecule has 0 aliphatic carbocycles. The normalized spacial score (nSPS) is 10.9. The first-order valence-corrected chi connectivity index (χ1v) is 9.32. The largest absolute Gasteiger partial charge is 0.323 e. The van der Waals surface area contributed by atoms with E-state index >= 15 is 0 Å². The minimum absolute atomic E-state index is 0.0467. The van der Waals surface area contributed by atoms with E-state index in [4.69, 9.17) is 0 Å². The highest BCUT2D eigenvalue weighted by Gasteiger charge is 2.18. The standard InChI is InChI=1S/C20H24N6O3/c1-13-6-5-7-17(10-13)12-25-16(4)20(14(2)23-25)22-19(27)8-9-24-15(3)18(11-21-24)26(28)29/h5-7,10-11H,8-9,12H2,1-4H3,(H,22,27). The Morgan fingerprint density at radius 2 is 1.93 bits per heavy atom. The molecule has 152 valence electrons. The number of nitro groups is 1. The highest BCUT2D eigenvalue weighted by Crippen LogP contribution is 2.21.